The molecular formula is C13H17BF2N4O2S. The van der Waals surface area contributed by atoms with Gasteiger partial charge >= 0.3 is 0 Å². The van der Waals surface area contributed by atoms with Crippen LogP contribution in [0.3, 0.4) is 0 Å². The number of aliphatic imine (C=N–C) groups is 1. The molecule has 2 aliphatic rings. The Morgan fingerprint density at radius 1 is 1.48 bits per heavy atom. The molecule has 6 nitrogen and oxygen atoms in total. The summed E-state index contributed by atoms with van der Waals surface area (Å²) >= 11 is 0. The van der Waals surface area contributed by atoms with Crippen molar-refractivity contribution in [2.75, 3.05) is 26.6 Å². The van der Waals surface area contributed by atoms with Crippen molar-refractivity contribution in [2.45, 2.75) is 10.8 Å². The maximum Gasteiger partial charge on any atom is 0.244 e. The summed E-state index contributed by atoms with van der Waals surface area (Å²) < 4.78 is 54.7. The lowest BCUT2D eigenvalue weighted by Crippen LogP contribution is -2.67. The summed E-state index contributed by atoms with van der Waals surface area (Å²) in [7, 11) is -0.587. The van der Waals surface area contributed by atoms with Crippen molar-refractivity contribution in [3.8, 4) is 0 Å². The molecule has 2 saturated heterocycles. The molecule has 0 saturated carbocycles. The number of fused-ring (bicyclic) bond motifs is 1. The number of nitrogens with one attached hydrogen (secondary N) is 2. The molecule has 2 fully saturated rings. The predicted molar refractivity (Wildman–Crippen MR) is 85.4 cm³/mol. The van der Waals surface area contributed by atoms with Crippen LogP contribution in [0.25, 0.3) is 0 Å². The van der Waals surface area contributed by atoms with Crippen LogP contribution in [0.15, 0.2) is 23.2 Å². The first-order valence-corrected chi connectivity index (χ1v) is 8.80. The zero-order chi connectivity index (χ0) is 16.8. The molecule has 10 heteroatoms. The SMILES string of the molecule is BC/N=C1\NC2(c3cc(F)ccc3F)CNCC2S(=O)(=O)N1C. The lowest BCUT2D eigenvalue weighted by molar-refractivity contribution is 0.364. The van der Waals surface area contributed by atoms with E-state index in [9.17, 15) is 17.2 Å². The quantitative estimate of drug-likeness (QED) is 0.673. The number of sulfonamides is 1. The molecule has 2 atom stereocenters. The van der Waals surface area contributed by atoms with Crippen LogP contribution in [-0.4, -0.2) is 58.4 Å². The van der Waals surface area contributed by atoms with Crippen LogP contribution in [0.1, 0.15) is 5.56 Å². The Hall–Kier alpha value is -1.68. The standard InChI is InChI=1S/C13H17BF2N4O2S/c1-20-12(18-7-14)19-13(6-17-5-11(13)23(20,21)22)9-4-8(15)2-3-10(9)16/h2-4,11,17H,5-7,14H2,1H3,(H,18,19). The second-order valence-electron chi connectivity index (χ2n) is 5.65. The summed E-state index contributed by atoms with van der Waals surface area (Å²) in [5, 5.41) is 5.07. The van der Waals surface area contributed by atoms with E-state index in [0.29, 0.717) is 6.44 Å². The van der Waals surface area contributed by atoms with E-state index in [2.05, 4.69) is 15.6 Å². The van der Waals surface area contributed by atoms with Crippen molar-refractivity contribution in [3.05, 3.63) is 35.4 Å². The number of nitrogens with zero attached hydrogens (tertiary/aromatic N) is 2. The van der Waals surface area contributed by atoms with Gasteiger partial charge in [-0.3, -0.25) is 4.99 Å². The number of hydrogen-bond acceptors (Lipinski definition) is 4. The first-order chi connectivity index (χ1) is 10.8. The molecule has 124 valence electrons. The fourth-order valence-electron chi connectivity index (χ4n) is 3.23. The monoisotopic (exact) mass is 342 g/mol. The van der Waals surface area contributed by atoms with Crippen LogP contribution in [0.5, 0.6) is 0 Å². The highest BCUT2D eigenvalue weighted by atomic mass is 32.2. The lowest BCUT2D eigenvalue weighted by Gasteiger charge is -2.44. The molecule has 0 radical (unpaired) electrons. The van der Waals surface area contributed by atoms with Gasteiger partial charge in [-0.05, 0) is 18.2 Å². The van der Waals surface area contributed by atoms with Gasteiger partial charge in [0.05, 0.1) is 0 Å². The Bertz CT molecular complexity index is 773. The van der Waals surface area contributed by atoms with Gasteiger partial charge < -0.3 is 10.6 Å². The Balaban J connectivity index is 2.23. The summed E-state index contributed by atoms with van der Waals surface area (Å²) in [5.74, 6) is -1.13. The van der Waals surface area contributed by atoms with E-state index in [1.54, 1.807) is 7.85 Å². The van der Waals surface area contributed by atoms with Crippen LogP contribution < -0.4 is 10.6 Å². The molecule has 0 aromatic heterocycles. The number of halogens is 2. The van der Waals surface area contributed by atoms with Gasteiger partial charge in [0.1, 0.15) is 30.3 Å². The zero-order valence-electron chi connectivity index (χ0n) is 12.8. The average molecular weight is 342 g/mol. The molecule has 2 aliphatic heterocycles. The molecule has 23 heavy (non-hydrogen) atoms. The van der Waals surface area contributed by atoms with Crippen molar-refractivity contribution >= 4 is 23.8 Å². The van der Waals surface area contributed by atoms with E-state index in [1.807, 2.05) is 0 Å². The van der Waals surface area contributed by atoms with Crippen molar-refractivity contribution in [2.24, 2.45) is 4.99 Å². The summed E-state index contributed by atoms with van der Waals surface area (Å²) in [5.41, 5.74) is -1.29. The fourth-order valence-corrected chi connectivity index (χ4v) is 5.06. The minimum Gasteiger partial charge on any atom is -0.343 e. The first-order valence-electron chi connectivity index (χ1n) is 7.29. The van der Waals surface area contributed by atoms with Gasteiger partial charge in [0, 0.05) is 32.1 Å². The maximum absolute atomic E-state index is 14.4. The van der Waals surface area contributed by atoms with Crippen molar-refractivity contribution in [3.63, 3.8) is 0 Å². The fraction of sp³-hybridized carbons (Fsp3) is 0.462. The molecule has 1 aromatic rings. The van der Waals surface area contributed by atoms with Crippen molar-refractivity contribution in [1.29, 1.82) is 0 Å². The van der Waals surface area contributed by atoms with Gasteiger partial charge in [-0.15, -0.1) is 0 Å². The second kappa shape index (κ2) is 5.45. The molecule has 0 spiro atoms. The van der Waals surface area contributed by atoms with Crippen LogP contribution >= 0.6 is 0 Å². The number of benzene rings is 1. The molecule has 0 aliphatic carbocycles. The molecule has 3 rings (SSSR count). The van der Waals surface area contributed by atoms with Crippen LogP contribution in [0.4, 0.5) is 8.78 Å². The molecular weight excluding hydrogens is 325 g/mol. The van der Waals surface area contributed by atoms with Gasteiger partial charge in [-0.2, -0.15) is 0 Å². The van der Waals surface area contributed by atoms with Gasteiger partial charge in [0.15, 0.2) is 0 Å². The Morgan fingerprint density at radius 2 is 2.22 bits per heavy atom. The maximum atomic E-state index is 14.4. The number of guanidine groups is 1. The normalized spacial score (nSPS) is 31.0. The highest BCUT2D eigenvalue weighted by molar-refractivity contribution is 7.90. The van der Waals surface area contributed by atoms with Gasteiger partial charge in [0.2, 0.25) is 16.0 Å². The van der Waals surface area contributed by atoms with E-state index in [4.69, 9.17) is 0 Å². The summed E-state index contributed by atoms with van der Waals surface area (Å²) in [6.07, 6.45) is 0.363. The largest absolute Gasteiger partial charge is 0.343 e. The predicted octanol–water partition coefficient (Wildman–Crippen LogP) is -1.06. The third-order valence-corrected chi connectivity index (χ3v) is 6.60. The molecule has 0 amide bonds. The molecule has 1 aromatic carbocycles. The first kappa shape index (κ1) is 16.2. The molecule has 0 bridgehead atoms. The zero-order valence-corrected chi connectivity index (χ0v) is 13.6. The minimum absolute atomic E-state index is 0.00650. The van der Waals surface area contributed by atoms with E-state index in [1.165, 1.54) is 7.05 Å². The third kappa shape index (κ3) is 2.31. The van der Waals surface area contributed by atoms with Crippen LogP contribution in [-0.2, 0) is 15.6 Å². The van der Waals surface area contributed by atoms with Gasteiger partial charge in [-0.1, -0.05) is 0 Å². The van der Waals surface area contributed by atoms with Crippen molar-refractivity contribution < 1.29 is 17.2 Å². The van der Waals surface area contributed by atoms with E-state index in [0.717, 1.165) is 22.5 Å². The smallest absolute Gasteiger partial charge is 0.244 e. The number of rotatable bonds is 2. The van der Waals surface area contributed by atoms with E-state index < -0.39 is 32.4 Å². The average Bonchev–Trinajstić information content (AvgIpc) is 2.93. The summed E-state index contributed by atoms with van der Waals surface area (Å²) in [4.78, 5) is 4.15. The molecule has 2 unspecified atom stereocenters. The highest BCUT2D eigenvalue weighted by Gasteiger charge is 2.58. The van der Waals surface area contributed by atoms with Gasteiger partial charge in [0.25, 0.3) is 0 Å². The van der Waals surface area contributed by atoms with Gasteiger partial charge in [-0.25, -0.2) is 21.5 Å². The molecule has 2 heterocycles. The van der Waals surface area contributed by atoms with Crippen molar-refractivity contribution in [1.82, 2.24) is 14.9 Å². The van der Waals surface area contributed by atoms with Crippen LogP contribution in [0.2, 0.25) is 0 Å². The van der Waals surface area contributed by atoms with Crippen LogP contribution in [0, 0.1) is 11.6 Å². The summed E-state index contributed by atoms with van der Waals surface area (Å²) in [6.45, 7) is 0.308. The Morgan fingerprint density at radius 3 is 2.91 bits per heavy atom. The Kier molecular flexibility index (Phi) is 3.84. The third-order valence-electron chi connectivity index (χ3n) is 4.37. The van der Waals surface area contributed by atoms with E-state index in [-0.39, 0.29) is 24.6 Å². The lowest BCUT2D eigenvalue weighted by atomic mass is 9.87. The second-order valence-corrected chi connectivity index (χ2v) is 7.80. The summed E-state index contributed by atoms with van der Waals surface area (Å²) in [6, 6.07) is 3.07. The highest BCUT2D eigenvalue weighted by Crippen LogP contribution is 2.38. The van der Waals surface area contributed by atoms with E-state index >= 15 is 0 Å². The Labute approximate surface area is 134 Å². The minimum atomic E-state index is -3.76. The molecule has 2 N–H and O–H groups in total. The topological polar surface area (TPSA) is 73.8 Å². The number of hydrogen-bond donors (Lipinski definition) is 2.